The van der Waals surface area contributed by atoms with E-state index in [0.717, 1.165) is 11.5 Å². The number of rotatable bonds is 0. The monoisotopic (exact) mass is 330 g/mol. The second kappa shape index (κ2) is 9.27. The molecule has 6 nitrogen and oxygen atoms in total. The normalized spacial score (nSPS) is 8.24. The molecule has 0 aromatic carbocycles. The second-order valence-corrected chi connectivity index (χ2v) is 7.45. The van der Waals surface area contributed by atoms with Gasteiger partial charge >= 0.3 is 34.5 Å². The van der Waals surface area contributed by atoms with Gasteiger partial charge in [-0.25, -0.2) is 0 Å². The molecule has 0 atom stereocenters. The molecule has 4 N–H and O–H groups in total. The van der Waals surface area contributed by atoms with Crippen LogP contribution in [0.2, 0.25) is 0 Å². The maximum atomic E-state index is 5.17. The van der Waals surface area contributed by atoms with Gasteiger partial charge in [0.15, 0.2) is 11.6 Å². The van der Waals surface area contributed by atoms with Gasteiger partial charge in [0.2, 0.25) is 0 Å². The van der Waals surface area contributed by atoms with Crippen LogP contribution in [0, 0.1) is 13.8 Å². The fourth-order valence-electron chi connectivity index (χ4n) is 0.771. The van der Waals surface area contributed by atoms with Crippen LogP contribution in [0.1, 0.15) is 11.5 Å². The van der Waals surface area contributed by atoms with Crippen LogP contribution >= 0.6 is 19.4 Å². The van der Waals surface area contributed by atoms with E-state index in [-0.39, 0.29) is 0 Å². The van der Waals surface area contributed by atoms with Gasteiger partial charge in [-0.1, -0.05) is 10.3 Å². The van der Waals surface area contributed by atoms with Crippen LogP contribution < -0.4 is 11.5 Å². The van der Waals surface area contributed by atoms with Gasteiger partial charge in [-0.2, -0.15) is 0 Å². The van der Waals surface area contributed by atoms with Gasteiger partial charge in [0.05, 0.1) is 0 Å². The Morgan fingerprint density at radius 1 is 1.00 bits per heavy atom. The van der Waals surface area contributed by atoms with Gasteiger partial charge in [0.1, 0.15) is 11.5 Å². The van der Waals surface area contributed by atoms with E-state index in [1.165, 1.54) is 0 Å². The standard InChI is InChI=1S/2C4H6N2O.2ClH.Zn/c2*1-3-2-4(5)6-7-3;;;/h2*2H,1H3,(H2,5,6);2*1H;/q;;;;+2/p-2. The van der Waals surface area contributed by atoms with Gasteiger partial charge in [0.25, 0.3) is 0 Å². The topological polar surface area (TPSA) is 104 Å². The van der Waals surface area contributed by atoms with Crippen molar-refractivity contribution in [2.75, 3.05) is 11.5 Å². The van der Waals surface area contributed by atoms with E-state index >= 15 is 0 Å². The Bertz CT molecular complexity index is 350. The number of anilines is 2. The number of hydrogen-bond acceptors (Lipinski definition) is 6. The zero-order valence-electron chi connectivity index (χ0n) is 9.48. The van der Waals surface area contributed by atoms with E-state index in [1.807, 2.05) is 0 Å². The van der Waals surface area contributed by atoms with Crippen molar-refractivity contribution in [3.8, 4) is 0 Å². The van der Waals surface area contributed by atoms with Crippen molar-refractivity contribution in [2.45, 2.75) is 13.8 Å². The van der Waals surface area contributed by atoms with E-state index in [9.17, 15) is 0 Å². The van der Waals surface area contributed by atoms with Crippen molar-refractivity contribution in [3.63, 3.8) is 0 Å². The average Bonchev–Trinajstić information content (AvgIpc) is 2.78. The molecule has 0 unspecified atom stereocenters. The third kappa shape index (κ3) is 8.97. The van der Waals surface area contributed by atoms with Crippen molar-refractivity contribution in [2.24, 2.45) is 0 Å². The molecule has 2 aromatic rings. The summed E-state index contributed by atoms with van der Waals surface area (Å²) in [5.74, 6) is 2.38. The molecule has 0 aliphatic rings. The van der Waals surface area contributed by atoms with E-state index in [1.54, 1.807) is 26.0 Å². The number of nitrogen functional groups attached to an aromatic ring is 2. The van der Waals surface area contributed by atoms with Crippen molar-refractivity contribution in [3.05, 3.63) is 23.7 Å². The summed E-state index contributed by atoms with van der Waals surface area (Å²) in [6, 6.07) is 3.33. The Hall–Kier alpha value is -0.777. The van der Waals surface area contributed by atoms with Crippen LogP contribution in [-0.2, 0) is 15.1 Å². The van der Waals surface area contributed by atoms with Crippen LogP contribution in [0.3, 0.4) is 0 Å². The maximum absolute atomic E-state index is 5.17. The van der Waals surface area contributed by atoms with Crippen molar-refractivity contribution < 1.29 is 24.2 Å². The van der Waals surface area contributed by atoms with Gasteiger partial charge in [-0.15, -0.1) is 0 Å². The van der Waals surface area contributed by atoms with Gasteiger partial charge in [-0.3, -0.25) is 0 Å². The summed E-state index contributed by atoms with van der Waals surface area (Å²) < 4.78 is 9.18. The average molecular weight is 333 g/mol. The quantitative estimate of drug-likeness (QED) is 0.718. The van der Waals surface area contributed by atoms with Gasteiger partial charge < -0.3 is 20.5 Å². The molecule has 2 rings (SSSR count). The first-order chi connectivity index (χ1) is 7.99. The molecule has 2 aromatic heterocycles. The molecule has 0 saturated heterocycles. The Balaban J connectivity index is 0.000000247. The summed E-state index contributed by atoms with van der Waals surface area (Å²) in [6.45, 7) is 3.59. The van der Waals surface area contributed by atoms with Gasteiger partial charge in [0, 0.05) is 12.1 Å². The van der Waals surface area contributed by atoms with Crippen LogP contribution in [0.15, 0.2) is 21.2 Å². The van der Waals surface area contributed by atoms with E-state index in [4.69, 9.17) is 30.8 Å². The van der Waals surface area contributed by atoms with E-state index in [0.29, 0.717) is 11.6 Å². The van der Waals surface area contributed by atoms with Crippen molar-refractivity contribution >= 4 is 31.0 Å². The fraction of sp³-hybridized carbons (Fsp3) is 0.250. The summed E-state index contributed by atoms with van der Waals surface area (Å²) in [4.78, 5) is 0. The Kier molecular flexibility index (Phi) is 8.85. The number of aryl methyl sites for hydroxylation is 2. The Morgan fingerprint density at radius 2 is 1.29 bits per heavy atom. The molecule has 92 valence electrons. The van der Waals surface area contributed by atoms with E-state index < -0.39 is 15.1 Å². The predicted octanol–water partition coefficient (Wildman–Crippen LogP) is 2.51. The number of aromatic nitrogens is 2. The molecule has 2 heterocycles. The molecule has 0 bridgehead atoms. The van der Waals surface area contributed by atoms with Crippen LogP contribution in [0.4, 0.5) is 11.6 Å². The van der Waals surface area contributed by atoms with Crippen LogP contribution in [0.25, 0.3) is 0 Å². The summed E-state index contributed by atoms with van der Waals surface area (Å²) in [6.07, 6.45) is 0. The first kappa shape index (κ1) is 16.2. The molecule has 0 aliphatic heterocycles. The zero-order chi connectivity index (χ0) is 13.3. The SMILES string of the molecule is Cc1cc(N)no1.Cc1cc(N)no1.[Cl][Zn][Cl]. The van der Waals surface area contributed by atoms with Gasteiger partial charge in [-0.05, 0) is 13.8 Å². The third-order valence-corrected chi connectivity index (χ3v) is 1.29. The molecule has 0 spiro atoms. The Morgan fingerprint density at radius 3 is 1.35 bits per heavy atom. The number of nitrogens with two attached hydrogens (primary N) is 2. The molecule has 17 heavy (non-hydrogen) atoms. The summed E-state index contributed by atoms with van der Waals surface area (Å²) in [5.41, 5.74) is 10.3. The number of hydrogen-bond donors (Lipinski definition) is 2. The second-order valence-electron chi connectivity index (χ2n) is 2.83. The Labute approximate surface area is 114 Å². The summed E-state index contributed by atoms with van der Waals surface area (Å²) in [7, 11) is 9.90. The first-order valence-corrected chi connectivity index (χ1v) is 12.3. The molecule has 9 heteroatoms. The molecule has 0 amide bonds. The predicted molar refractivity (Wildman–Crippen MR) is 63.0 cm³/mol. The van der Waals surface area contributed by atoms with Crippen molar-refractivity contribution in [1.29, 1.82) is 0 Å². The summed E-state index contributed by atoms with van der Waals surface area (Å²) in [5, 5.41) is 6.84. The number of nitrogens with zero attached hydrogens (tertiary/aromatic N) is 2. The van der Waals surface area contributed by atoms with Crippen molar-refractivity contribution in [1.82, 2.24) is 10.3 Å². The molecule has 0 fully saturated rings. The fourth-order valence-corrected chi connectivity index (χ4v) is 0.771. The first-order valence-electron chi connectivity index (χ1n) is 4.49. The molecular formula is C8H12Cl2N4O2Zn. The number of halogens is 2. The molecule has 0 aliphatic carbocycles. The molecular weight excluding hydrogens is 320 g/mol. The minimum absolute atomic E-state index is 0.442. The van der Waals surface area contributed by atoms with Crippen LogP contribution in [-0.4, -0.2) is 10.3 Å². The van der Waals surface area contributed by atoms with Crippen LogP contribution in [0.5, 0.6) is 0 Å². The summed E-state index contributed by atoms with van der Waals surface area (Å²) >= 11 is -0.931. The molecule has 0 saturated carbocycles. The van der Waals surface area contributed by atoms with E-state index in [2.05, 4.69) is 19.4 Å². The third-order valence-electron chi connectivity index (χ3n) is 1.29. The minimum atomic E-state index is -0.931. The molecule has 0 radical (unpaired) electrons. The zero-order valence-corrected chi connectivity index (χ0v) is 14.0.